The van der Waals surface area contributed by atoms with E-state index in [-0.39, 0.29) is 18.1 Å². The van der Waals surface area contributed by atoms with Crippen LogP contribution in [0.2, 0.25) is 4.34 Å². The molecule has 0 aliphatic carbocycles. The number of amides is 2. The van der Waals surface area contributed by atoms with Crippen LogP contribution >= 0.6 is 22.9 Å². The number of aliphatic hydroxyl groups is 1. The van der Waals surface area contributed by atoms with Gasteiger partial charge in [0.2, 0.25) is 0 Å². The molecule has 0 aromatic carbocycles. The van der Waals surface area contributed by atoms with Crippen LogP contribution in [-0.2, 0) is 6.42 Å². The van der Waals surface area contributed by atoms with E-state index in [0.29, 0.717) is 19.5 Å². The maximum absolute atomic E-state index is 11.5. The minimum atomic E-state index is -0.330. The van der Waals surface area contributed by atoms with E-state index < -0.39 is 0 Å². The lowest BCUT2D eigenvalue weighted by molar-refractivity contribution is 0.163. The number of hydrogen-bond donors (Lipinski definition) is 3. The van der Waals surface area contributed by atoms with Gasteiger partial charge in [-0.25, -0.2) is 4.79 Å². The van der Waals surface area contributed by atoms with E-state index >= 15 is 0 Å². The summed E-state index contributed by atoms with van der Waals surface area (Å²) in [7, 11) is 0. The van der Waals surface area contributed by atoms with Gasteiger partial charge in [0.25, 0.3) is 0 Å². The summed E-state index contributed by atoms with van der Waals surface area (Å²) in [6.07, 6.45) is 1.14. The monoisotopic (exact) mass is 304 g/mol. The third kappa shape index (κ3) is 7.40. The second-order valence-corrected chi connectivity index (χ2v) is 6.58. The first-order valence-electron chi connectivity index (χ1n) is 6.41. The first-order valence-corrected chi connectivity index (χ1v) is 7.60. The fraction of sp³-hybridized carbons (Fsp3) is 0.615. The van der Waals surface area contributed by atoms with Crippen LogP contribution in [0.4, 0.5) is 4.79 Å². The molecular weight excluding hydrogens is 284 g/mol. The Bertz CT molecular complexity index is 396. The van der Waals surface area contributed by atoms with Gasteiger partial charge in [-0.1, -0.05) is 18.5 Å². The Morgan fingerprint density at radius 1 is 1.42 bits per heavy atom. The van der Waals surface area contributed by atoms with Crippen LogP contribution in [0.5, 0.6) is 0 Å². The molecule has 0 bridgehead atoms. The number of hydrogen-bond acceptors (Lipinski definition) is 3. The van der Waals surface area contributed by atoms with Crippen molar-refractivity contribution in [2.75, 3.05) is 13.1 Å². The summed E-state index contributed by atoms with van der Waals surface area (Å²) in [5.74, 6) is 0.266. The van der Waals surface area contributed by atoms with Gasteiger partial charge in [-0.3, -0.25) is 0 Å². The average molecular weight is 305 g/mol. The highest BCUT2D eigenvalue weighted by Crippen LogP contribution is 2.21. The largest absolute Gasteiger partial charge is 0.393 e. The molecule has 0 radical (unpaired) electrons. The van der Waals surface area contributed by atoms with Crippen molar-refractivity contribution in [2.24, 2.45) is 5.92 Å². The van der Waals surface area contributed by atoms with Crippen molar-refractivity contribution in [2.45, 2.75) is 32.8 Å². The van der Waals surface area contributed by atoms with Gasteiger partial charge in [-0.05, 0) is 37.8 Å². The number of nitrogens with one attached hydrogen (secondary N) is 2. The maximum atomic E-state index is 11.5. The summed E-state index contributed by atoms with van der Waals surface area (Å²) in [6.45, 7) is 4.92. The van der Waals surface area contributed by atoms with Gasteiger partial charge in [-0.2, -0.15) is 0 Å². The average Bonchev–Trinajstić information content (AvgIpc) is 2.71. The van der Waals surface area contributed by atoms with Gasteiger partial charge in [-0.15, -0.1) is 11.3 Å². The van der Waals surface area contributed by atoms with Crippen LogP contribution in [-0.4, -0.2) is 30.3 Å². The molecule has 4 nitrogen and oxygen atoms in total. The Labute approximate surface area is 123 Å². The molecule has 0 aliphatic rings. The molecule has 2 unspecified atom stereocenters. The van der Waals surface area contributed by atoms with E-state index in [1.807, 2.05) is 19.1 Å². The third-order valence-electron chi connectivity index (χ3n) is 2.64. The molecule has 1 aromatic rings. The zero-order valence-corrected chi connectivity index (χ0v) is 12.9. The maximum Gasteiger partial charge on any atom is 0.314 e. The van der Waals surface area contributed by atoms with Crippen molar-refractivity contribution in [1.29, 1.82) is 0 Å². The summed E-state index contributed by atoms with van der Waals surface area (Å²) in [5.41, 5.74) is 0. The van der Waals surface area contributed by atoms with E-state index in [1.165, 1.54) is 11.3 Å². The molecule has 0 saturated heterocycles. The zero-order chi connectivity index (χ0) is 14.3. The quantitative estimate of drug-likeness (QED) is 0.725. The van der Waals surface area contributed by atoms with Crippen LogP contribution in [0, 0.1) is 5.92 Å². The van der Waals surface area contributed by atoms with Crippen molar-refractivity contribution in [3.05, 3.63) is 21.3 Å². The Kier molecular flexibility index (Phi) is 7.20. The standard InChI is InChI=1S/C13H21ClN2O2S/c1-9(7-10(2)17)8-16-13(18)15-6-5-11-3-4-12(14)19-11/h3-4,9-10,17H,5-8H2,1-2H3,(H2,15,16,18). The smallest absolute Gasteiger partial charge is 0.314 e. The SMILES string of the molecule is CC(O)CC(C)CNC(=O)NCCc1ccc(Cl)s1. The molecular formula is C13H21ClN2O2S. The summed E-state index contributed by atoms with van der Waals surface area (Å²) in [5, 5.41) is 14.8. The van der Waals surface area contributed by atoms with Gasteiger partial charge in [0.1, 0.15) is 0 Å². The highest BCUT2D eigenvalue weighted by molar-refractivity contribution is 7.16. The van der Waals surface area contributed by atoms with E-state index in [1.54, 1.807) is 6.92 Å². The fourth-order valence-corrected chi connectivity index (χ4v) is 2.87. The molecule has 1 rings (SSSR count). The van der Waals surface area contributed by atoms with E-state index in [4.69, 9.17) is 11.6 Å². The highest BCUT2D eigenvalue weighted by atomic mass is 35.5. The summed E-state index contributed by atoms with van der Waals surface area (Å²) in [4.78, 5) is 12.7. The second-order valence-electron chi connectivity index (χ2n) is 4.78. The Morgan fingerprint density at radius 2 is 2.16 bits per heavy atom. The third-order valence-corrected chi connectivity index (χ3v) is 3.93. The molecule has 2 atom stereocenters. The number of carbonyl (C=O) groups is 1. The zero-order valence-electron chi connectivity index (χ0n) is 11.3. The topological polar surface area (TPSA) is 61.4 Å². The minimum absolute atomic E-state index is 0.167. The van der Waals surface area contributed by atoms with Gasteiger partial charge in [0, 0.05) is 18.0 Å². The number of urea groups is 1. The highest BCUT2D eigenvalue weighted by Gasteiger charge is 2.08. The lowest BCUT2D eigenvalue weighted by Crippen LogP contribution is -2.39. The number of thiophene rings is 1. The summed E-state index contributed by atoms with van der Waals surface area (Å²) < 4.78 is 0.770. The molecule has 0 aliphatic heterocycles. The molecule has 1 aromatic heterocycles. The van der Waals surface area contributed by atoms with Gasteiger partial charge < -0.3 is 15.7 Å². The van der Waals surface area contributed by atoms with E-state index in [0.717, 1.165) is 15.6 Å². The number of aliphatic hydroxyl groups excluding tert-OH is 1. The Hall–Kier alpha value is -0.780. The van der Waals surface area contributed by atoms with E-state index in [2.05, 4.69) is 10.6 Å². The molecule has 3 N–H and O–H groups in total. The number of rotatable bonds is 7. The van der Waals surface area contributed by atoms with Crippen molar-refractivity contribution >= 4 is 29.0 Å². The van der Waals surface area contributed by atoms with Crippen LogP contribution in [0.1, 0.15) is 25.1 Å². The summed E-state index contributed by atoms with van der Waals surface area (Å²) >= 11 is 7.36. The fourth-order valence-electron chi connectivity index (χ4n) is 1.78. The van der Waals surface area contributed by atoms with Crippen molar-refractivity contribution in [3.8, 4) is 0 Å². The lowest BCUT2D eigenvalue weighted by Gasteiger charge is -2.14. The van der Waals surface area contributed by atoms with Crippen molar-refractivity contribution in [3.63, 3.8) is 0 Å². The predicted octanol–water partition coefficient (Wildman–Crippen LogP) is 2.65. The Morgan fingerprint density at radius 3 is 2.74 bits per heavy atom. The molecule has 0 fully saturated rings. The normalized spacial score (nSPS) is 13.9. The minimum Gasteiger partial charge on any atom is -0.393 e. The van der Waals surface area contributed by atoms with Gasteiger partial charge >= 0.3 is 6.03 Å². The molecule has 0 spiro atoms. The molecule has 108 valence electrons. The summed E-state index contributed by atoms with van der Waals surface area (Å²) in [6, 6.07) is 3.66. The first kappa shape index (κ1) is 16.3. The Balaban J connectivity index is 2.11. The predicted molar refractivity (Wildman–Crippen MR) is 79.9 cm³/mol. The van der Waals surface area contributed by atoms with E-state index in [9.17, 15) is 9.90 Å². The van der Waals surface area contributed by atoms with Crippen molar-refractivity contribution < 1.29 is 9.90 Å². The molecule has 1 heterocycles. The van der Waals surface area contributed by atoms with Crippen LogP contribution in [0.3, 0.4) is 0 Å². The van der Waals surface area contributed by atoms with Crippen molar-refractivity contribution in [1.82, 2.24) is 10.6 Å². The van der Waals surface area contributed by atoms with Crippen LogP contribution in [0.15, 0.2) is 12.1 Å². The van der Waals surface area contributed by atoms with Gasteiger partial charge in [0.05, 0.1) is 10.4 Å². The molecule has 2 amide bonds. The van der Waals surface area contributed by atoms with Crippen LogP contribution < -0.4 is 10.6 Å². The number of carbonyl (C=O) groups excluding carboxylic acids is 1. The first-order chi connectivity index (χ1) is 8.97. The number of halogens is 1. The molecule has 0 saturated carbocycles. The second kappa shape index (κ2) is 8.40. The molecule has 19 heavy (non-hydrogen) atoms. The van der Waals surface area contributed by atoms with Gasteiger partial charge in [0.15, 0.2) is 0 Å². The molecule has 6 heteroatoms. The van der Waals surface area contributed by atoms with Crippen LogP contribution in [0.25, 0.3) is 0 Å². The lowest BCUT2D eigenvalue weighted by atomic mass is 10.1.